The number of rotatable bonds is 3. The molecule has 5 heteroatoms. The number of nitrogens with one attached hydrogen (secondary N) is 1. The molecule has 2 aliphatic heterocycles. The fraction of sp³-hybridized carbons (Fsp3) is 0.941. The highest BCUT2D eigenvalue weighted by molar-refractivity contribution is 5.69. The van der Waals surface area contributed by atoms with Crippen LogP contribution in [0, 0.1) is 0 Å². The Bertz CT molecular complexity index is 373. The van der Waals surface area contributed by atoms with Crippen LogP contribution >= 0.6 is 0 Å². The molecule has 1 amide bonds. The van der Waals surface area contributed by atoms with E-state index in [0.717, 1.165) is 13.1 Å². The smallest absolute Gasteiger partial charge is 0.410 e. The number of carbonyl (C=O) groups is 1. The molecule has 0 aromatic rings. The van der Waals surface area contributed by atoms with Crippen LogP contribution in [0.4, 0.5) is 4.79 Å². The molecule has 5 nitrogen and oxygen atoms in total. The Morgan fingerprint density at radius 1 is 1.14 bits per heavy atom. The van der Waals surface area contributed by atoms with Crippen molar-refractivity contribution in [3.8, 4) is 0 Å². The molecule has 1 unspecified atom stereocenters. The molecule has 2 rings (SSSR count). The van der Waals surface area contributed by atoms with Gasteiger partial charge in [0, 0.05) is 31.2 Å². The number of hydrogen-bond donors (Lipinski definition) is 1. The maximum Gasteiger partial charge on any atom is 0.410 e. The van der Waals surface area contributed by atoms with E-state index < -0.39 is 5.60 Å². The van der Waals surface area contributed by atoms with Crippen molar-refractivity contribution in [1.82, 2.24) is 15.1 Å². The second-order valence-corrected chi connectivity index (χ2v) is 8.01. The normalized spacial score (nSPS) is 25.0. The van der Waals surface area contributed by atoms with Crippen molar-refractivity contribution in [2.75, 3.05) is 26.2 Å². The summed E-state index contributed by atoms with van der Waals surface area (Å²) in [6.45, 7) is 14.2. The van der Waals surface area contributed by atoms with Crippen molar-refractivity contribution in [2.45, 2.75) is 77.6 Å². The molecule has 1 atom stereocenters. The molecule has 2 aliphatic rings. The first-order valence-corrected chi connectivity index (χ1v) is 8.72. The van der Waals surface area contributed by atoms with Gasteiger partial charge in [0.05, 0.1) is 0 Å². The first-order chi connectivity index (χ1) is 10.2. The Balaban J connectivity index is 1.68. The van der Waals surface area contributed by atoms with Gasteiger partial charge in [0.15, 0.2) is 0 Å². The van der Waals surface area contributed by atoms with Gasteiger partial charge in [-0.25, -0.2) is 4.79 Å². The van der Waals surface area contributed by atoms with Crippen LogP contribution in [0.15, 0.2) is 0 Å². The SMILES string of the molecule is CC(C)N1CCCC(NC2CN(C(=O)OC(C)(C)C)C2)CC1. The largest absolute Gasteiger partial charge is 0.444 e. The first-order valence-electron chi connectivity index (χ1n) is 8.72. The minimum atomic E-state index is -0.406. The van der Waals surface area contributed by atoms with E-state index in [1.165, 1.54) is 32.4 Å². The van der Waals surface area contributed by atoms with Crippen molar-refractivity contribution in [1.29, 1.82) is 0 Å². The van der Waals surface area contributed by atoms with Crippen molar-refractivity contribution in [3.63, 3.8) is 0 Å². The van der Waals surface area contributed by atoms with E-state index >= 15 is 0 Å². The summed E-state index contributed by atoms with van der Waals surface area (Å²) in [4.78, 5) is 16.3. The van der Waals surface area contributed by atoms with Crippen molar-refractivity contribution in [2.24, 2.45) is 0 Å². The van der Waals surface area contributed by atoms with E-state index in [0.29, 0.717) is 18.1 Å². The summed E-state index contributed by atoms with van der Waals surface area (Å²) in [6, 6.07) is 1.67. The second-order valence-electron chi connectivity index (χ2n) is 8.01. The average molecular weight is 311 g/mol. The first kappa shape index (κ1) is 17.5. The zero-order valence-electron chi connectivity index (χ0n) is 14.9. The lowest BCUT2D eigenvalue weighted by atomic mass is 10.0. The highest BCUT2D eigenvalue weighted by Gasteiger charge is 2.34. The van der Waals surface area contributed by atoms with Gasteiger partial charge in [-0.1, -0.05) is 0 Å². The lowest BCUT2D eigenvalue weighted by molar-refractivity contribution is 0.00395. The highest BCUT2D eigenvalue weighted by atomic mass is 16.6. The Morgan fingerprint density at radius 2 is 1.82 bits per heavy atom. The van der Waals surface area contributed by atoms with Gasteiger partial charge in [0.1, 0.15) is 5.60 Å². The average Bonchev–Trinajstić information content (AvgIpc) is 2.56. The van der Waals surface area contributed by atoms with Gasteiger partial charge in [-0.15, -0.1) is 0 Å². The van der Waals surface area contributed by atoms with E-state index in [9.17, 15) is 4.79 Å². The monoisotopic (exact) mass is 311 g/mol. The van der Waals surface area contributed by atoms with E-state index in [1.54, 1.807) is 4.90 Å². The summed E-state index contributed by atoms with van der Waals surface area (Å²) in [5.41, 5.74) is -0.406. The third-order valence-corrected chi connectivity index (χ3v) is 4.50. The van der Waals surface area contributed by atoms with Gasteiger partial charge in [-0.05, 0) is 67.0 Å². The van der Waals surface area contributed by atoms with Crippen LogP contribution in [0.1, 0.15) is 53.9 Å². The number of likely N-dealkylation sites (tertiary alicyclic amines) is 2. The molecule has 0 aromatic heterocycles. The van der Waals surface area contributed by atoms with Crippen LogP contribution in [0.25, 0.3) is 0 Å². The molecular formula is C17H33N3O2. The van der Waals surface area contributed by atoms with E-state index in [4.69, 9.17) is 4.74 Å². The zero-order valence-corrected chi connectivity index (χ0v) is 14.9. The van der Waals surface area contributed by atoms with Crippen molar-refractivity contribution in [3.05, 3.63) is 0 Å². The standard InChI is InChI=1S/C17H33N3O2/c1-13(2)19-9-6-7-14(8-10-19)18-15-11-20(12-15)16(21)22-17(3,4)5/h13-15,18H,6-12H2,1-5H3. The van der Waals surface area contributed by atoms with Crippen LogP contribution < -0.4 is 5.32 Å². The maximum absolute atomic E-state index is 11.9. The number of amides is 1. The van der Waals surface area contributed by atoms with Crippen LogP contribution in [0.5, 0.6) is 0 Å². The molecule has 0 bridgehead atoms. The van der Waals surface area contributed by atoms with Gasteiger partial charge in [-0.3, -0.25) is 0 Å². The van der Waals surface area contributed by atoms with Gasteiger partial charge < -0.3 is 19.9 Å². The lowest BCUT2D eigenvalue weighted by Gasteiger charge is -2.41. The summed E-state index contributed by atoms with van der Waals surface area (Å²) in [7, 11) is 0. The molecule has 0 radical (unpaired) electrons. The van der Waals surface area contributed by atoms with Crippen LogP contribution in [-0.4, -0.2) is 65.8 Å². The predicted molar refractivity (Wildman–Crippen MR) is 89.1 cm³/mol. The molecule has 2 heterocycles. The van der Waals surface area contributed by atoms with Crippen LogP contribution in [0.2, 0.25) is 0 Å². The molecule has 1 N–H and O–H groups in total. The molecule has 0 aromatic carbocycles. The summed E-state index contributed by atoms with van der Waals surface area (Å²) in [5, 5.41) is 3.73. The molecule has 128 valence electrons. The number of nitrogens with zero attached hydrogens (tertiary/aromatic N) is 2. The summed E-state index contributed by atoms with van der Waals surface area (Å²) >= 11 is 0. The molecule has 2 fully saturated rings. The third kappa shape index (κ3) is 5.13. The van der Waals surface area contributed by atoms with E-state index in [1.807, 2.05) is 20.8 Å². The zero-order chi connectivity index (χ0) is 16.3. The second kappa shape index (κ2) is 7.18. The van der Waals surface area contributed by atoms with Gasteiger partial charge in [-0.2, -0.15) is 0 Å². The summed E-state index contributed by atoms with van der Waals surface area (Å²) < 4.78 is 5.39. The summed E-state index contributed by atoms with van der Waals surface area (Å²) in [5.74, 6) is 0. The predicted octanol–water partition coefficient (Wildman–Crippen LogP) is 2.46. The van der Waals surface area contributed by atoms with Crippen LogP contribution in [0.3, 0.4) is 0 Å². The Morgan fingerprint density at radius 3 is 2.41 bits per heavy atom. The summed E-state index contributed by atoms with van der Waals surface area (Å²) in [6.07, 6.45) is 3.53. The fourth-order valence-corrected chi connectivity index (χ4v) is 3.19. The molecule has 2 saturated heterocycles. The molecule has 0 saturated carbocycles. The van der Waals surface area contributed by atoms with Gasteiger partial charge >= 0.3 is 6.09 Å². The third-order valence-electron chi connectivity index (χ3n) is 4.50. The quantitative estimate of drug-likeness (QED) is 0.869. The van der Waals surface area contributed by atoms with Crippen LogP contribution in [-0.2, 0) is 4.74 Å². The van der Waals surface area contributed by atoms with Gasteiger partial charge in [0.25, 0.3) is 0 Å². The van der Waals surface area contributed by atoms with Gasteiger partial charge in [0.2, 0.25) is 0 Å². The molecular weight excluding hydrogens is 278 g/mol. The topological polar surface area (TPSA) is 44.8 Å². The highest BCUT2D eigenvalue weighted by Crippen LogP contribution is 2.18. The fourth-order valence-electron chi connectivity index (χ4n) is 3.19. The Hall–Kier alpha value is -0.810. The number of carbonyl (C=O) groups excluding carboxylic acids is 1. The molecule has 22 heavy (non-hydrogen) atoms. The minimum Gasteiger partial charge on any atom is -0.444 e. The van der Waals surface area contributed by atoms with E-state index in [2.05, 4.69) is 24.1 Å². The molecule has 0 spiro atoms. The Kier molecular flexibility index (Phi) is 5.72. The van der Waals surface area contributed by atoms with Crippen molar-refractivity contribution >= 4 is 6.09 Å². The Labute approximate surface area is 135 Å². The lowest BCUT2D eigenvalue weighted by Crippen LogP contribution is -2.62. The number of ether oxygens (including phenoxy) is 1. The van der Waals surface area contributed by atoms with Crippen molar-refractivity contribution < 1.29 is 9.53 Å². The van der Waals surface area contributed by atoms with E-state index in [-0.39, 0.29) is 6.09 Å². The molecule has 0 aliphatic carbocycles. The number of hydrogen-bond acceptors (Lipinski definition) is 4. The minimum absolute atomic E-state index is 0.183. The maximum atomic E-state index is 11.9.